The molecule has 0 spiro atoms. The first-order valence-corrected chi connectivity index (χ1v) is 9.31. The number of hydrogen-bond donors (Lipinski definition) is 1. The zero-order chi connectivity index (χ0) is 19.3. The van der Waals surface area contributed by atoms with Crippen LogP contribution in [0, 0.1) is 0 Å². The largest absolute Gasteiger partial charge is 0.366 e. The van der Waals surface area contributed by atoms with E-state index in [0.717, 1.165) is 35.6 Å². The predicted molar refractivity (Wildman–Crippen MR) is 114 cm³/mol. The van der Waals surface area contributed by atoms with E-state index >= 15 is 0 Å². The second-order valence-electron chi connectivity index (χ2n) is 6.71. The molecular weight excluding hydrogens is 348 g/mol. The van der Waals surface area contributed by atoms with Crippen molar-refractivity contribution in [2.24, 2.45) is 10.8 Å². The van der Waals surface area contributed by atoms with E-state index in [0.29, 0.717) is 12.2 Å². The number of anilines is 2. The third kappa shape index (κ3) is 3.88. The second-order valence-corrected chi connectivity index (χ2v) is 6.71. The lowest BCUT2D eigenvalue weighted by Crippen LogP contribution is -2.34. The quantitative estimate of drug-likeness (QED) is 0.758. The molecule has 0 bridgehead atoms. The van der Waals surface area contributed by atoms with Crippen LogP contribution in [0.5, 0.6) is 0 Å². The highest BCUT2D eigenvalue weighted by molar-refractivity contribution is 6.01. The van der Waals surface area contributed by atoms with Gasteiger partial charge in [0, 0.05) is 24.2 Å². The molecule has 0 saturated carbocycles. The number of hydrazone groups is 1. The van der Waals surface area contributed by atoms with Crippen LogP contribution in [-0.2, 0) is 0 Å². The summed E-state index contributed by atoms with van der Waals surface area (Å²) in [5, 5.41) is 7.00. The number of primary amides is 1. The molecular formula is C23H22N4O. The highest BCUT2D eigenvalue weighted by atomic mass is 16.1. The minimum Gasteiger partial charge on any atom is -0.366 e. The molecule has 0 unspecified atom stereocenters. The van der Waals surface area contributed by atoms with E-state index < -0.39 is 5.91 Å². The highest BCUT2D eigenvalue weighted by Gasteiger charge is 2.19. The summed E-state index contributed by atoms with van der Waals surface area (Å²) in [6, 6.07) is 27.9. The Morgan fingerprint density at radius 1 is 0.821 bits per heavy atom. The average Bonchev–Trinajstić information content (AvgIpc) is 2.98. The maximum Gasteiger partial charge on any atom is 0.248 e. The fourth-order valence-corrected chi connectivity index (χ4v) is 3.32. The zero-order valence-electron chi connectivity index (χ0n) is 15.5. The summed E-state index contributed by atoms with van der Waals surface area (Å²) >= 11 is 0. The van der Waals surface area contributed by atoms with Crippen LogP contribution in [0.2, 0.25) is 0 Å². The fraction of sp³-hybridized carbons (Fsp3) is 0.130. The Balaban J connectivity index is 1.67. The average molecular weight is 370 g/mol. The Hall–Kier alpha value is -3.60. The number of nitrogens with zero attached hydrogens (tertiary/aromatic N) is 3. The maximum absolute atomic E-state index is 11.4. The molecule has 1 amide bonds. The first kappa shape index (κ1) is 17.8. The van der Waals surface area contributed by atoms with Crippen molar-refractivity contribution >= 4 is 23.0 Å². The van der Waals surface area contributed by atoms with Crippen LogP contribution < -0.4 is 15.6 Å². The third-order valence-electron chi connectivity index (χ3n) is 4.84. The van der Waals surface area contributed by atoms with E-state index in [1.165, 1.54) is 0 Å². The molecule has 1 aliphatic rings. The first-order valence-electron chi connectivity index (χ1n) is 9.31. The lowest BCUT2D eigenvalue weighted by Gasteiger charge is -2.28. The van der Waals surface area contributed by atoms with E-state index in [-0.39, 0.29) is 0 Å². The number of hydrogen-bond acceptors (Lipinski definition) is 4. The van der Waals surface area contributed by atoms with Gasteiger partial charge in [-0.15, -0.1) is 0 Å². The Kier molecular flexibility index (Phi) is 5.06. The van der Waals surface area contributed by atoms with Crippen molar-refractivity contribution in [1.82, 2.24) is 0 Å². The summed E-state index contributed by atoms with van der Waals surface area (Å²) in [5.41, 5.74) is 10.1. The molecule has 0 aliphatic carbocycles. The second kappa shape index (κ2) is 7.96. The van der Waals surface area contributed by atoms with Gasteiger partial charge in [-0.3, -0.25) is 4.79 Å². The lowest BCUT2D eigenvalue weighted by atomic mass is 10.1. The Morgan fingerprint density at radius 2 is 1.46 bits per heavy atom. The summed E-state index contributed by atoms with van der Waals surface area (Å²) in [6.07, 6.45) is 0.824. The van der Waals surface area contributed by atoms with Gasteiger partial charge < -0.3 is 10.6 Å². The Bertz CT molecular complexity index is 969. The molecule has 2 N–H and O–H groups in total. The number of para-hydroxylation sites is 1. The van der Waals surface area contributed by atoms with Gasteiger partial charge in [0.25, 0.3) is 0 Å². The molecule has 1 aliphatic heterocycles. The van der Waals surface area contributed by atoms with Crippen molar-refractivity contribution in [2.75, 3.05) is 23.1 Å². The van der Waals surface area contributed by atoms with E-state index in [2.05, 4.69) is 29.2 Å². The van der Waals surface area contributed by atoms with Gasteiger partial charge in [-0.2, -0.15) is 5.10 Å². The molecule has 0 aromatic heterocycles. The van der Waals surface area contributed by atoms with Crippen molar-refractivity contribution < 1.29 is 4.79 Å². The van der Waals surface area contributed by atoms with Crippen LogP contribution in [-0.4, -0.2) is 24.8 Å². The van der Waals surface area contributed by atoms with Crippen LogP contribution in [0.4, 0.5) is 11.4 Å². The van der Waals surface area contributed by atoms with Crippen LogP contribution >= 0.6 is 0 Å². The van der Waals surface area contributed by atoms with Gasteiger partial charge in [0.05, 0.1) is 11.4 Å². The van der Waals surface area contributed by atoms with Gasteiger partial charge in [0.1, 0.15) is 6.67 Å². The molecule has 140 valence electrons. The summed E-state index contributed by atoms with van der Waals surface area (Å²) < 4.78 is 0. The van der Waals surface area contributed by atoms with E-state index in [1.54, 1.807) is 12.1 Å². The predicted octanol–water partition coefficient (Wildman–Crippen LogP) is 3.86. The number of rotatable bonds is 4. The first-order chi connectivity index (χ1) is 13.7. The van der Waals surface area contributed by atoms with Gasteiger partial charge in [-0.25, -0.2) is 5.01 Å². The topological polar surface area (TPSA) is 61.9 Å². The third-order valence-corrected chi connectivity index (χ3v) is 4.84. The van der Waals surface area contributed by atoms with Gasteiger partial charge in [-0.1, -0.05) is 48.5 Å². The van der Waals surface area contributed by atoms with Crippen LogP contribution in [0.1, 0.15) is 22.3 Å². The molecule has 0 radical (unpaired) electrons. The van der Waals surface area contributed by atoms with E-state index in [4.69, 9.17) is 10.8 Å². The van der Waals surface area contributed by atoms with E-state index in [1.807, 2.05) is 53.5 Å². The van der Waals surface area contributed by atoms with Gasteiger partial charge in [-0.05, 0) is 42.0 Å². The highest BCUT2D eigenvalue weighted by Crippen LogP contribution is 2.23. The van der Waals surface area contributed by atoms with Crippen LogP contribution in [0.25, 0.3) is 0 Å². The molecule has 3 aromatic rings. The van der Waals surface area contributed by atoms with Gasteiger partial charge in [0.15, 0.2) is 0 Å². The SMILES string of the molecule is NC(=O)c1ccc(N2CCC(c3ccccc3)=NN(c3ccccc3)C2)cc1. The van der Waals surface area contributed by atoms with E-state index in [9.17, 15) is 4.79 Å². The number of carbonyl (C=O) groups is 1. The number of benzene rings is 3. The molecule has 28 heavy (non-hydrogen) atoms. The standard InChI is InChI=1S/C23H22N4O/c24-23(28)19-11-13-20(14-12-19)26-16-15-22(18-7-3-1-4-8-18)25-27(17-26)21-9-5-2-6-10-21/h1-14H,15-17H2,(H2,24,28). The minimum absolute atomic E-state index is 0.414. The molecule has 1 heterocycles. The normalized spacial score (nSPS) is 14.4. The summed E-state index contributed by atoms with van der Waals surface area (Å²) in [6.45, 7) is 1.45. The lowest BCUT2D eigenvalue weighted by molar-refractivity contribution is 0.100. The van der Waals surface area contributed by atoms with Crippen molar-refractivity contribution in [3.63, 3.8) is 0 Å². The maximum atomic E-state index is 11.4. The van der Waals surface area contributed by atoms with Crippen molar-refractivity contribution in [2.45, 2.75) is 6.42 Å². The number of nitrogens with two attached hydrogens (primary N) is 1. The monoisotopic (exact) mass is 370 g/mol. The van der Waals surface area contributed by atoms with Crippen LogP contribution in [0.15, 0.2) is 90.0 Å². The van der Waals surface area contributed by atoms with Gasteiger partial charge in [0.2, 0.25) is 5.91 Å². The Morgan fingerprint density at radius 3 is 2.11 bits per heavy atom. The molecule has 3 aromatic carbocycles. The molecule has 0 saturated heterocycles. The summed E-state index contributed by atoms with van der Waals surface area (Å²) in [4.78, 5) is 13.6. The molecule has 0 atom stereocenters. The van der Waals surface area contributed by atoms with Crippen molar-refractivity contribution in [3.8, 4) is 0 Å². The Labute approximate surface area is 164 Å². The van der Waals surface area contributed by atoms with Crippen LogP contribution in [0.3, 0.4) is 0 Å². The van der Waals surface area contributed by atoms with Crippen molar-refractivity contribution in [3.05, 3.63) is 96.1 Å². The molecule has 0 fully saturated rings. The molecule has 4 rings (SSSR count). The summed E-state index contributed by atoms with van der Waals surface area (Å²) in [5.74, 6) is -0.414. The van der Waals surface area contributed by atoms with Gasteiger partial charge >= 0.3 is 0 Å². The fourth-order valence-electron chi connectivity index (χ4n) is 3.32. The minimum atomic E-state index is -0.414. The van der Waals surface area contributed by atoms with Crippen molar-refractivity contribution in [1.29, 1.82) is 0 Å². The summed E-state index contributed by atoms with van der Waals surface area (Å²) in [7, 11) is 0. The molecule has 5 heteroatoms. The number of carbonyl (C=O) groups excluding carboxylic acids is 1. The molecule has 5 nitrogen and oxygen atoms in total. The smallest absolute Gasteiger partial charge is 0.248 e. The zero-order valence-corrected chi connectivity index (χ0v) is 15.5. The number of amides is 1.